The van der Waals surface area contributed by atoms with E-state index in [4.69, 9.17) is 8.83 Å². The maximum atomic E-state index is 5.41. The molecular weight excluding hydrogens is 485 g/mol. The molecule has 4 aromatic rings. The molecule has 2 aromatic carbocycles. The number of rotatable bonds is 1. The Morgan fingerprint density at radius 3 is 1.96 bits per heavy atom. The Morgan fingerprint density at radius 2 is 1.40 bits per heavy atom. The second kappa shape index (κ2) is 14.6. The first-order valence-corrected chi connectivity index (χ1v) is 6.43. The number of hydrogen-bond donors (Lipinski definition) is 0. The summed E-state index contributed by atoms with van der Waals surface area (Å²) in [5.74, 6) is 0.811. The van der Waals surface area contributed by atoms with E-state index in [1.54, 1.807) is 0 Å². The Balaban J connectivity index is -0.000000326. The Hall–Kier alpha value is -0.577. The molecule has 4 nitrogen and oxygen atoms in total. The molecule has 0 saturated heterocycles. The van der Waals surface area contributed by atoms with E-state index in [0.717, 1.165) is 34.5 Å². The summed E-state index contributed by atoms with van der Waals surface area (Å²) in [5.41, 5.74) is 3.48. The molecule has 4 rings (SSSR count). The first kappa shape index (κ1) is 29.2. The Morgan fingerprint density at radius 1 is 0.840 bits per heavy atom. The summed E-state index contributed by atoms with van der Waals surface area (Å²) >= 11 is 0. The summed E-state index contributed by atoms with van der Waals surface area (Å²) < 4.78 is 10.3. The van der Waals surface area contributed by atoms with Crippen LogP contribution in [-0.2, 0) is 32.6 Å². The molecule has 0 amide bonds. The van der Waals surface area contributed by atoms with Crippen LogP contribution < -0.4 is 49.6 Å². The van der Waals surface area contributed by atoms with Crippen LogP contribution in [0.2, 0.25) is 0 Å². The number of oxazole rings is 2. The molecule has 25 heavy (non-hydrogen) atoms. The smallest absolute Gasteiger partial charge is 1.00 e. The third kappa shape index (κ3) is 7.68. The van der Waals surface area contributed by atoms with Gasteiger partial charge in [-0.2, -0.15) is 0 Å². The number of benzene rings is 2. The van der Waals surface area contributed by atoms with Crippen molar-refractivity contribution in [3.05, 3.63) is 60.8 Å². The number of fused-ring (bicyclic) bond motifs is 2. The van der Waals surface area contributed by atoms with Crippen molar-refractivity contribution >= 4 is 22.2 Å². The summed E-state index contributed by atoms with van der Waals surface area (Å²) in [6.07, 6.45) is 3.27. The van der Waals surface area contributed by atoms with Crippen molar-refractivity contribution in [3.8, 4) is 0 Å². The van der Waals surface area contributed by atoms with Crippen LogP contribution in [0.5, 0.6) is 0 Å². The number of aromatic nitrogens is 2. The largest absolute Gasteiger partial charge is 4.00 e. The van der Waals surface area contributed by atoms with Crippen molar-refractivity contribution in [1.29, 1.82) is 0 Å². The van der Waals surface area contributed by atoms with Crippen molar-refractivity contribution in [2.45, 2.75) is 13.3 Å². The second-order valence-corrected chi connectivity index (χ2v) is 4.20. The molecule has 0 bridgehead atoms. The van der Waals surface area contributed by atoms with Crippen LogP contribution >= 0.6 is 0 Å². The Bertz CT molecular complexity index is 776. The van der Waals surface area contributed by atoms with Gasteiger partial charge in [0.1, 0.15) is 11.9 Å². The molecule has 0 fully saturated rings. The molecule has 0 spiro atoms. The van der Waals surface area contributed by atoms with E-state index in [1.165, 1.54) is 0 Å². The minimum atomic E-state index is 0. The van der Waals surface area contributed by atoms with Crippen LogP contribution in [0.1, 0.15) is 12.8 Å². The molecule has 132 valence electrons. The predicted octanol–water partition coefficient (Wildman–Crippen LogP) is -7.97. The van der Waals surface area contributed by atoms with Gasteiger partial charge in [-0.25, -0.2) is 4.98 Å². The summed E-state index contributed by atoms with van der Waals surface area (Å²) in [6.45, 7) is 2.03. The number of nitrogens with zero attached hydrogens (tertiary/aromatic N) is 2. The number of para-hydroxylation sites is 4. The van der Waals surface area contributed by atoms with Crippen LogP contribution in [0, 0.1) is 6.39 Å². The van der Waals surface area contributed by atoms with Gasteiger partial charge in [-0.05, 0) is 23.2 Å². The number of halogens is 4. The monoisotopic (exact) mass is 495 g/mol. The fourth-order valence-electron chi connectivity index (χ4n) is 1.83. The van der Waals surface area contributed by atoms with E-state index in [9.17, 15) is 0 Å². The molecule has 0 atom stereocenters. The predicted molar refractivity (Wildman–Crippen MR) is 76.2 cm³/mol. The van der Waals surface area contributed by atoms with E-state index in [-0.39, 0.29) is 75.8 Å². The average molecular weight is 498 g/mol. The summed E-state index contributed by atoms with van der Waals surface area (Å²) in [7, 11) is 0. The zero-order valence-electron chi connectivity index (χ0n) is 13.0. The molecule has 9 heteroatoms. The summed E-state index contributed by atoms with van der Waals surface area (Å²) in [6, 6.07) is 15.4. The van der Waals surface area contributed by atoms with E-state index < -0.39 is 0 Å². The van der Waals surface area contributed by atoms with Crippen molar-refractivity contribution in [1.82, 2.24) is 9.97 Å². The zero-order valence-corrected chi connectivity index (χ0v) is 18.5. The molecule has 0 N–H and O–H groups in total. The van der Waals surface area contributed by atoms with Gasteiger partial charge >= 0.3 is 26.2 Å². The summed E-state index contributed by atoms with van der Waals surface area (Å²) in [5, 5.41) is 0. The number of aryl methyl sites for hydroxylation is 1. The van der Waals surface area contributed by atoms with E-state index in [0.29, 0.717) is 0 Å². The minimum Gasteiger partial charge on any atom is -1.00 e. The third-order valence-electron chi connectivity index (χ3n) is 2.83. The van der Waals surface area contributed by atoms with Crippen LogP contribution in [0.25, 0.3) is 22.2 Å². The van der Waals surface area contributed by atoms with Gasteiger partial charge < -0.3 is 63.4 Å². The number of hydrogen-bond acceptors (Lipinski definition) is 4. The van der Waals surface area contributed by atoms with Crippen LogP contribution in [0.4, 0.5) is 0 Å². The Labute approximate surface area is 189 Å². The molecule has 0 saturated carbocycles. The van der Waals surface area contributed by atoms with Crippen molar-refractivity contribution in [3.63, 3.8) is 0 Å². The van der Waals surface area contributed by atoms with Gasteiger partial charge in [-0.1, -0.05) is 37.3 Å². The van der Waals surface area contributed by atoms with E-state index >= 15 is 0 Å². The second-order valence-electron chi connectivity index (χ2n) is 4.20. The van der Waals surface area contributed by atoms with Gasteiger partial charge in [0.15, 0.2) is 11.5 Å². The maximum absolute atomic E-state index is 5.41. The normalized spacial score (nSPS) is 8.36. The molecule has 2 heterocycles. The first-order chi connectivity index (χ1) is 9.86. The van der Waals surface area contributed by atoms with Crippen molar-refractivity contribution < 1.29 is 84.7 Å². The van der Waals surface area contributed by atoms with Gasteiger partial charge in [-0.15, -0.1) is 6.07 Å². The standard InChI is InChI=1S/C9H9NO.C7H4NO.4ClH.Zr/c1-2-9-10-7-5-3-4-6-8(7)11-9;1-2-4-7-6(3-1)8-5-9-7;;;;;/h3-6H,2H2,1H3;1-4H;4*1H;/q;-1;;;;;+4/p-4. The molecule has 0 radical (unpaired) electrons. The van der Waals surface area contributed by atoms with Gasteiger partial charge in [0.05, 0.1) is 0 Å². The summed E-state index contributed by atoms with van der Waals surface area (Å²) in [4.78, 5) is 8.09. The van der Waals surface area contributed by atoms with E-state index in [2.05, 4.69) is 16.4 Å². The van der Waals surface area contributed by atoms with E-state index in [1.807, 2.05) is 55.5 Å². The van der Waals surface area contributed by atoms with Crippen molar-refractivity contribution in [2.24, 2.45) is 0 Å². The molecule has 0 aliphatic carbocycles. The van der Waals surface area contributed by atoms with Gasteiger partial charge in [0.25, 0.3) is 0 Å². The van der Waals surface area contributed by atoms with Gasteiger partial charge in [0, 0.05) is 6.42 Å². The fraction of sp³-hybridized carbons (Fsp3) is 0.125. The van der Waals surface area contributed by atoms with Crippen molar-refractivity contribution in [2.75, 3.05) is 0 Å². The first-order valence-electron chi connectivity index (χ1n) is 6.43. The third-order valence-corrected chi connectivity index (χ3v) is 2.83. The quantitative estimate of drug-likeness (QED) is 0.245. The van der Waals surface area contributed by atoms with Gasteiger partial charge in [-0.3, -0.25) is 0 Å². The molecule has 0 unspecified atom stereocenters. The fourth-order valence-corrected chi connectivity index (χ4v) is 1.83. The maximum Gasteiger partial charge on any atom is 4.00 e. The molecule has 0 aliphatic heterocycles. The SMILES string of the molecule is CCc1nc2ccccc2o1.[Cl-].[Cl-].[Cl-].[Cl-].[Zr+4].[c-]1nc2ccccc2o1. The van der Waals surface area contributed by atoms with Crippen LogP contribution in [-0.4, -0.2) is 9.97 Å². The molecular formula is C16H13Cl4N2O2Zr-. The molecule has 0 aliphatic rings. The van der Waals surface area contributed by atoms with Crippen LogP contribution in [0.3, 0.4) is 0 Å². The van der Waals surface area contributed by atoms with Crippen LogP contribution in [0.15, 0.2) is 57.4 Å². The minimum absolute atomic E-state index is 0. The molecule has 2 aromatic heterocycles. The Kier molecular flexibility index (Phi) is 17.0. The zero-order chi connectivity index (χ0) is 13.8. The average Bonchev–Trinajstić information content (AvgIpc) is 3.13. The topological polar surface area (TPSA) is 52.1 Å². The van der Waals surface area contributed by atoms with Gasteiger partial charge in [0.2, 0.25) is 0 Å².